The Labute approximate surface area is 147 Å². The summed E-state index contributed by atoms with van der Waals surface area (Å²) in [6.45, 7) is 0. The fourth-order valence-electron chi connectivity index (χ4n) is 2.13. The van der Waals surface area contributed by atoms with E-state index in [2.05, 4.69) is 20.5 Å². The molecular weight excluding hydrogens is 340 g/mol. The average Bonchev–Trinajstić information content (AvgIpc) is 3.03. The molecule has 8 heteroatoms. The third kappa shape index (κ3) is 4.24. The number of aromatic carboxylic acids is 1. The lowest BCUT2D eigenvalue weighted by Gasteiger charge is -2.05. The SMILES string of the molecule is O=C(CSc1nc2ccccc2[nH]1)NN=Cc1ccccc1C(=O)[O-]. The number of fused-ring (bicyclic) bond motifs is 1. The summed E-state index contributed by atoms with van der Waals surface area (Å²) in [5.74, 6) is -1.50. The minimum Gasteiger partial charge on any atom is -0.545 e. The molecule has 0 spiro atoms. The highest BCUT2D eigenvalue weighted by Crippen LogP contribution is 2.18. The molecular formula is C17H13N4O3S-. The van der Waals surface area contributed by atoms with E-state index >= 15 is 0 Å². The van der Waals surface area contributed by atoms with Gasteiger partial charge in [0.05, 0.1) is 29.0 Å². The monoisotopic (exact) mass is 353 g/mol. The van der Waals surface area contributed by atoms with Gasteiger partial charge >= 0.3 is 0 Å². The number of carbonyl (C=O) groups is 2. The molecule has 0 bridgehead atoms. The Bertz CT molecular complexity index is 919. The number of H-pyrrole nitrogens is 1. The Balaban J connectivity index is 1.55. The standard InChI is InChI=1S/C17H14N4O3S/c22-15(10-25-17-19-13-7-3-4-8-14(13)20-17)21-18-9-11-5-1-2-6-12(11)16(23)24/h1-9H,10H2,(H,19,20)(H,21,22)(H,23,24)/p-1. The predicted octanol–water partition coefficient (Wildman–Crippen LogP) is 1.17. The third-order valence-electron chi connectivity index (χ3n) is 3.28. The van der Waals surface area contributed by atoms with Crippen LogP contribution < -0.4 is 10.5 Å². The molecule has 2 aromatic carbocycles. The van der Waals surface area contributed by atoms with Crippen molar-refractivity contribution in [3.8, 4) is 0 Å². The number of nitrogens with one attached hydrogen (secondary N) is 2. The zero-order valence-electron chi connectivity index (χ0n) is 12.9. The molecule has 25 heavy (non-hydrogen) atoms. The van der Waals surface area contributed by atoms with Crippen LogP contribution in [0.5, 0.6) is 0 Å². The van der Waals surface area contributed by atoms with Gasteiger partial charge in [0.1, 0.15) is 0 Å². The van der Waals surface area contributed by atoms with E-state index in [4.69, 9.17) is 0 Å². The van der Waals surface area contributed by atoms with Gasteiger partial charge in [0.15, 0.2) is 5.16 Å². The maximum atomic E-state index is 11.8. The van der Waals surface area contributed by atoms with E-state index in [1.807, 2.05) is 24.3 Å². The quantitative estimate of drug-likeness (QED) is 0.393. The van der Waals surface area contributed by atoms with Gasteiger partial charge in [0.2, 0.25) is 0 Å². The van der Waals surface area contributed by atoms with Crippen molar-refractivity contribution in [2.45, 2.75) is 5.16 Å². The molecule has 2 N–H and O–H groups in total. The van der Waals surface area contributed by atoms with Crippen LogP contribution in [0.2, 0.25) is 0 Å². The van der Waals surface area contributed by atoms with E-state index in [0.29, 0.717) is 10.7 Å². The van der Waals surface area contributed by atoms with Crippen molar-refractivity contribution in [2.75, 3.05) is 5.75 Å². The predicted molar refractivity (Wildman–Crippen MR) is 93.3 cm³/mol. The summed E-state index contributed by atoms with van der Waals surface area (Å²) in [6, 6.07) is 13.8. The highest BCUT2D eigenvalue weighted by atomic mass is 32.2. The molecule has 0 atom stereocenters. The second-order valence-corrected chi connectivity index (χ2v) is 5.98. The van der Waals surface area contributed by atoms with Gasteiger partial charge in [-0.15, -0.1) is 0 Å². The first kappa shape index (κ1) is 16.7. The molecule has 0 aliphatic carbocycles. The normalized spacial score (nSPS) is 11.0. The fourth-order valence-corrected chi connectivity index (χ4v) is 2.81. The van der Waals surface area contributed by atoms with Crippen LogP contribution in [-0.2, 0) is 4.79 Å². The number of rotatable bonds is 6. The molecule has 0 saturated carbocycles. The van der Waals surface area contributed by atoms with Crippen molar-refractivity contribution >= 4 is 40.9 Å². The first-order valence-corrected chi connectivity index (χ1v) is 8.32. The van der Waals surface area contributed by atoms with Crippen molar-refractivity contribution < 1.29 is 14.7 Å². The number of imidazole rings is 1. The Morgan fingerprint density at radius 3 is 2.76 bits per heavy atom. The number of aromatic nitrogens is 2. The average molecular weight is 353 g/mol. The number of benzene rings is 2. The molecule has 126 valence electrons. The molecule has 0 radical (unpaired) electrons. The van der Waals surface area contributed by atoms with Gasteiger partial charge < -0.3 is 14.9 Å². The van der Waals surface area contributed by atoms with Gasteiger partial charge in [-0.3, -0.25) is 4.79 Å². The van der Waals surface area contributed by atoms with E-state index in [0.717, 1.165) is 11.0 Å². The summed E-state index contributed by atoms with van der Waals surface area (Å²) >= 11 is 1.25. The number of nitrogens with zero attached hydrogens (tertiary/aromatic N) is 2. The van der Waals surface area contributed by atoms with Crippen LogP contribution in [0.15, 0.2) is 58.8 Å². The number of aromatic amines is 1. The molecule has 0 fully saturated rings. The molecule has 0 unspecified atom stereocenters. The van der Waals surface area contributed by atoms with Crippen LogP contribution in [0.1, 0.15) is 15.9 Å². The number of amides is 1. The van der Waals surface area contributed by atoms with Crippen LogP contribution in [0.25, 0.3) is 11.0 Å². The summed E-state index contributed by atoms with van der Waals surface area (Å²) in [6.07, 6.45) is 1.27. The Morgan fingerprint density at radius 2 is 1.96 bits per heavy atom. The number of para-hydroxylation sites is 2. The second kappa shape index (κ2) is 7.63. The lowest BCUT2D eigenvalue weighted by molar-refractivity contribution is -0.255. The van der Waals surface area contributed by atoms with E-state index < -0.39 is 5.97 Å². The van der Waals surface area contributed by atoms with E-state index in [1.165, 1.54) is 24.0 Å². The molecule has 0 aliphatic rings. The van der Waals surface area contributed by atoms with Gasteiger partial charge in [0.25, 0.3) is 5.91 Å². The third-order valence-corrected chi connectivity index (χ3v) is 4.15. The van der Waals surface area contributed by atoms with Crippen molar-refractivity contribution in [1.29, 1.82) is 0 Å². The van der Waals surface area contributed by atoms with Gasteiger partial charge in [-0.1, -0.05) is 48.2 Å². The number of carboxylic acids is 1. The number of carbonyl (C=O) groups excluding carboxylic acids is 2. The van der Waals surface area contributed by atoms with Crippen LogP contribution in [0, 0.1) is 0 Å². The highest BCUT2D eigenvalue weighted by Gasteiger charge is 2.06. The van der Waals surface area contributed by atoms with Gasteiger partial charge in [0, 0.05) is 11.1 Å². The smallest absolute Gasteiger partial charge is 0.250 e. The maximum absolute atomic E-state index is 11.8. The minimum atomic E-state index is -1.30. The Kier molecular flexibility index (Phi) is 5.10. The van der Waals surface area contributed by atoms with Crippen molar-refractivity contribution in [3.63, 3.8) is 0 Å². The number of hydrogen-bond acceptors (Lipinski definition) is 6. The van der Waals surface area contributed by atoms with Gasteiger partial charge in [-0.25, -0.2) is 10.4 Å². The molecule has 7 nitrogen and oxygen atoms in total. The van der Waals surface area contributed by atoms with Gasteiger partial charge in [-0.05, 0) is 12.1 Å². The molecule has 0 saturated heterocycles. The molecule has 1 aromatic heterocycles. The van der Waals surface area contributed by atoms with E-state index in [-0.39, 0.29) is 17.2 Å². The molecule has 3 aromatic rings. The van der Waals surface area contributed by atoms with Crippen molar-refractivity contribution in [1.82, 2.24) is 15.4 Å². The highest BCUT2D eigenvalue weighted by molar-refractivity contribution is 7.99. The fraction of sp³-hybridized carbons (Fsp3) is 0.0588. The lowest BCUT2D eigenvalue weighted by Crippen LogP contribution is -2.24. The number of hydrogen-bond donors (Lipinski definition) is 2. The summed E-state index contributed by atoms with van der Waals surface area (Å²) in [4.78, 5) is 30.3. The number of thioether (sulfide) groups is 1. The zero-order valence-corrected chi connectivity index (χ0v) is 13.7. The van der Waals surface area contributed by atoms with Crippen LogP contribution in [-0.4, -0.2) is 33.8 Å². The molecule has 1 amide bonds. The second-order valence-electron chi connectivity index (χ2n) is 5.02. The summed E-state index contributed by atoms with van der Waals surface area (Å²) < 4.78 is 0. The first-order chi connectivity index (χ1) is 12.1. The first-order valence-electron chi connectivity index (χ1n) is 7.33. The minimum absolute atomic E-state index is 0.0112. The van der Waals surface area contributed by atoms with Crippen LogP contribution in [0.4, 0.5) is 0 Å². The largest absolute Gasteiger partial charge is 0.545 e. The zero-order chi connectivity index (χ0) is 17.6. The van der Waals surface area contributed by atoms with Crippen molar-refractivity contribution in [3.05, 3.63) is 59.7 Å². The molecule has 3 rings (SSSR count). The Morgan fingerprint density at radius 1 is 1.20 bits per heavy atom. The van der Waals surface area contributed by atoms with E-state index in [9.17, 15) is 14.7 Å². The number of hydrazone groups is 1. The topological polar surface area (TPSA) is 110 Å². The van der Waals surface area contributed by atoms with Crippen molar-refractivity contribution in [2.24, 2.45) is 5.10 Å². The summed E-state index contributed by atoms with van der Waals surface area (Å²) in [5, 5.41) is 15.4. The number of carboxylic acid groups (broad SMARTS) is 1. The lowest BCUT2D eigenvalue weighted by atomic mass is 10.1. The molecule has 1 heterocycles. The van der Waals surface area contributed by atoms with Crippen LogP contribution in [0.3, 0.4) is 0 Å². The van der Waals surface area contributed by atoms with E-state index in [1.54, 1.807) is 18.2 Å². The van der Waals surface area contributed by atoms with Gasteiger partial charge in [-0.2, -0.15) is 5.10 Å². The molecule has 0 aliphatic heterocycles. The van der Waals surface area contributed by atoms with Crippen LogP contribution >= 0.6 is 11.8 Å². The summed E-state index contributed by atoms with van der Waals surface area (Å²) in [7, 11) is 0. The maximum Gasteiger partial charge on any atom is 0.250 e. The Hall–Kier alpha value is -3.13. The summed E-state index contributed by atoms with van der Waals surface area (Å²) in [5.41, 5.74) is 4.46.